The zero-order chi connectivity index (χ0) is 18.3. The Kier molecular flexibility index (Phi) is 15.1. The first-order chi connectivity index (χ1) is 11.4. The SMILES string of the molecule is CCCCCCCCC(CCCCCC(O)CCCC)S(=O)(=O)O. The monoisotopic (exact) mass is 364 g/mol. The highest BCUT2D eigenvalue weighted by Crippen LogP contribution is 2.19. The molecular formula is C19H40O4S. The maximum Gasteiger partial charge on any atom is 0.267 e. The van der Waals surface area contributed by atoms with E-state index in [0.29, 0.717) is 12.8 Å². The Labute approximate surface area is 150 Å². The van der Waals surface area contributed by atoms with Gasteiger partial charge in [0.15, 0.2) is 0 Å². The molecule has 2 atom stereocenters. The first kappa shape index (κ1) is 23.9. The second-order valence-corrected chi connectivity index (χ2v) is 8.82. The fraction of sp³-hybridized carbons (Fsp3) is 1.00. The van der Waals surface area contributed by atoms with Gasteiger partial charge in [-0.1, -0.05) is 84.5 Å². The Balaban J connectivity index is 3.84. The van der Waals surface area contributed by atoms with Crippen LogP contribution in [0.3, 0.4) is 0 Å². The van der Waals surface area contributed by atoms with Gasteiger partial charge in [-0.2, -0.15) is 8.42 Å². The number of aliphatic hydroxyl groups excluding tert-OH is 1. The van der Waals surface area contributed by atoms with E-state index in [0.717, 1.165) is 64.2 Å². The zero-order valence-corrected chi connectivity index (χ0v) is 16.7. The quantitative estimate of drug-likeness (QED) is 0.264. The number of rotatable bonds is 17. The van der Waals surface area contributed by atoms with Crippen LogP contribution in [0.2, 0.25) is 0 Å². The van der Waals surface area contributed by atoms with Crippen LogP contribution >= 0.6 is 0 Å². The molecule has 2 unspecified atom stereocenters. The normalized spacial score (nSPS) is 14.7. The minimum absolute atomic E-state index is 0.217. The summed E-state index contributed by atoms with van der Waals surface area (Å²) in [5.41, 5.74) is 0. The van der Waals surface area contributed by atoms with Gasteiger partial charge in [0, 0.05) is 0 Å². The first-order valence-corrected chi connectivity index (χ1v) is 11.6. The van der Waals surface area contributed by atoms with E-state index in [1.54, 1.807) is 0 Å². The lowest BCUT2D eigenvalue weighted by Gasteiger charge is -2.14. The summed E-state index contributed by atoms with van der Waals surface area (Å²) in [5.74, 6) is 0. The van der Waals surface area contributed by atoms with Crippen molar-refractivity contribution in [1.82, 2.24) is 0 Å². The van der Waals surface area contributed by atoms with E-state index in [2.05, 4.69) is 13.8 Å². The standard InChI is InChI=1S/C19H40O4S/c1-3-5-7-8-9-12-16-19(24(21,22)23)17-13-10-11-15-18(20)14-6-4-2/h18-20H,3-17H2,1-2H3,(H,21,22,23). The van der Waals surface area contributed by atoms with Crippen molar-refractivity contribution in [1.29, 1.82) is 0 Å². The van der Waals surface area contributed by atoms with Crippen molar-refractivity contribution in [2.45, 2.75) is 122 Å². The summed E-state index contributed by atoms with van der Waals surface area (Å²) in [6.07, 6.45) is 14.1. The van der Waals surface area contributed by atoms with Gasteiger partial charge in [0.1, 0.15) is 0 Å². The summed E-state index contributed by atoms with van der Waals surface area (Å²) in [6.45, 7) is 4.29. The third-order valence-electron chi connectivity index (χ3n) is 4.76. The van der Waals surface area contributed by atoms with Crippen LogP contribution in [0, 0.1) is 0 Å². The molecule has 2 N–H and O–H groups in total. The fourth-order valence-electron chi connectivity index (χ4n) is 3.11. The number of hydrogen-bond acceptors (Lipinski definition) is 3. The second kappa shape index (κ2) is 15.2. The summed E-state index contributed by atoms with van der Waals surface area (Å²) in [6, 6.07) is 0. The number of aliphatic hydroxyl groups is 1. The average Bonchev–Trinajstić information content (AvgIpc) is 2.52. The molecule has 0 radical (unpaired) electrons. The van der Waals surface area contributed by atoms with Crippen LogP contribution in [0.25, 0.3) is 0 Å². The summed E-state index contributed by atoms with van der Waals surface area (Å²) in [4.78, 5) is 0. The molecule has 24 heavy (non-hydrogen) atoms. The van der Waals surface area contributed by atoms with Gasteiger partial charge in [0.25, 0.3) is 10.1 Å². The van der Waals surface area contributed by atoms with E-state index in [-0.39, 0.29) is 6.10 Å². The smallest absolute Gasteiger partial charge is 0.267 e. The molecule has 0 rings (SSSR count). The van der Waals surface area contributed by atoms with Gasteiger partial charge < -0.3 is 5.11 Å². The lowest BCUT2D eigenvalue weighted by molar-refractivity contribution is 0.148. The van der Waals surface area contributed by atoms with Crippen molar-refractivity contribution in [3.63, 3.8) is 0 Å². The van der Waals surface area contributed by atoms with E-state index >= 15 is 0 Å². The molecular weight excluding hydrogens is 324 g/mol. The molecule has 0 aromatic carbocycles. The lowest BCUT2D eigenvalue weighted by atomic mass is 10.0. The predicted molar refractivity (Wildman–Crippen MR) is 102 cm³/mol. The lowest BCUT2D eigenvalue weighted by Crippen LogP contribution is -2.20. The highest BCUT2D eigenvalue weighted by molar-refractivity contribution is 7.86. The summed E-state index contributed by atoms with van der Waals surface area (Å²) < 4.78 is 32.4. The van der Waals surface area contributed by atoms with E-state index in [1.165, 1.54) is 19.3 Å². The van der Waals surface area contributed by atoms with E-state index in [4.69, 9.17) is 0 Å². The van der Waals surface area contributed by atoms with Crippen molar-refractivity contribution in [2.75, 3.05) is 0 Å². The van der Waals surface area contributed by atoms with E-state index in [1.807, 2.05) is 0 Å². The largest absolute Gasteiger partial charge is 0.393 e. The molecule has 0 saturated carbocycles. The van der Waals surface area contributed by atoms with Gasteiger partial charge >= 0.3 is 0 Å². The van der Waals surface area contributed by atoms with Crippen LogP contribution in [-0.4, -0.2) is 29.4 Å². The van der Waals surface area contributed by atoms with Gasteiger partial charge in [-0.05, 0) is 25.7 Å². The maximum absolute atomic E-state index is 11.5. The molecule has 0 saturated heterocycles. The molecule has 0 heterocycles. The van der Waals surface area contributed by atoms with Crippen molar-refractivity contribution in [2.24, 2.45) is 0 Å². The molecule has 0 aromatic heterocycles. The summed E-state index contributed by atoms with van der Waals surface area (Å²) in [5, 5.41) is 9.18. The van der Waals surface area contributed by atoms with Gasteiger partial charge in [0.2, 0.25) is 0 Å². The minimum Gasteiger partial charge on any atom is -0.393 e. The van der Waals surface area contributed by atoms with Crippen molar-refractivity contribution in [3.05, 3.63) is 0 Å². The van der Waals surface area contributed by atoms with Crippen LogP contribution in [0.5, 0.6) is 0 Å². The highest BCUT2D eigenvalue weighted by Gasteiger charge is 2.21. The Morgan fingerprint density at radius 3 is 1.62 bits per heavy atom. The molecule has 0 aromatic rings. The third-order valence-corrected chi connectivity index (χ3v) is 6.07. The Morgan fingerprint density at radius 1 is 0.667 bits per heavy atom. The highest BCUT2D eigenvalue weighted by atomic mass is 32.2. The fourth-order valence-corrected chi connectivity index (χ4v) is 4.04. The zero-order valence-electron chi connectivity index (χ0n) is 15.9. The average molecular weight is 365 g/mol. The van der Waals surface area contributed by atoms with Gasteiger partial charge in [0.05, 0.1) is 11.4 Å². The molecule has 4 nitrogen and oxygen atoms in total. The van der Waals surface area contributed by atoms with Gasteiger partial charge in [-0.25, -0.2) is 0 Å². The van der Waals surface area contributed by atoms with E-state index < -0.39 is 15.4 Å². The Morgan fingerprint density at radius 2 is 1.08 bits per heavy atom. The third kappa shape index (κ3) is 14.2. The topological polar surface area (TPSA) is 74.6 Å². The number of unbranched alkanes of at least 4 members (excludes halogenated alkanes) is 8. The number of hydrogen-bond donors (Lipinski definition) is 2. The van der Waals surface area contributed by atoms with Crippen LogP contribution in [0.4, 0.5) is 0 Å². The molecule has 0 aliphatic carbocycles. The van der Waals surface area contributed by atoms with Crippen molar-refractivity contribution < 1.29 is 18.1 Å². The molecule has 0 aliphatic rings. The molecule has 0 bridgehead atoms. The van der Waals surface area contributed by atoms with E-state index in [9.17, 15) is 18.1 Å². The van der Waals surface area contributed by atoms with Gasteiger partial charge in [-0.3, -0.25) is 4.55 Å². The first-order valence-electron chi connectivity index (χ1n) is 10.1. The van der Waals surface area contributed by atoms with Crippen LogP contribution in [0.1, 0.15) is 110 Å². The van der Waals surface area contributed by atoms with Crippen LogP contribution < -0.4 is 0 Å². The Hall–Kier alpha value is -0.130. The van der Waals surface area contributed by atoms with Gasteiger partial charge in [-0.15, -0.1) is 0 Å². The molecule has 0 amide bonds. The molecule has 0 fully saturated rings. The Bertz CT molecular complexity index is 368. The predicted octanol–water partition coefficient (Wildman–Crippen LogP) is 5.50. The second-order valence-electron chi connectivity index (χ2n) is 7.13. The molecule has 146 valence electrons. The molecule has 5 heteroatoms. The molecule has 0 spiro atoms. The maximum atomic E-state index is 11.5. The van der Waals surface area contributed by atoms with Crippen molar-refractivity contribution in [3.8, 4) is 0 Å². The molecule has 0 aliphatic heterocycles. The van der Waals surface area contributed by atoms with Crippen LogP contribution in [0.15, 0.2) is 0 Å². The van der Waals surface area contributed by atoms with Crippen LogP contribution in [-0.2, 0) is 10.1 Å². The summed E-state index contributed by atoms with van der Waals surface area (Å²) >= 11 is 0. The van der Waals surface area contributed by atoms with Crippen molar-refractivity contribution >= 4 is 10.1 Å². The summed E-state index contributed by atoms with van der Waals surface area (Å²) in [7, 11) is -3.93. The minimum atomic E-state index is -3.93.